The van der Waals surface area contributed by atoms with Crippen molar-refractivity contribution in [3.8, 4) is 12.0 Å². The maximum Gasteiger partial charge on any atom is 0.321 e. The van der Waals surface area contributed by atoms with Crippen LogP contribution in [0.25, 0.3) is 0 Å². The molecule has 2 rings (SSSR count). The second-order valence-electron chi connectivity index (χ2n) is 3.54. The van der Waals surface area contributed by atoms with Gasteiger partial charge in [-0.2, -0.15) is 9.97 Å². The second kappa shape index (κ2) is 5.17. The van der Waals surface area contributed by atoms with Crippen molar-refractivity contribution < 1.29 is 15.0 Å². The lowest BCUT2D eigenvalue weighted by atomic mass is 10.2. The van der Waals surface area contributed by atoms with Crippen LogP contribution in [0.15, 0.2) is 24.3 Å². The quantitative estimate of drug-likeness (QED) is 0.630. The van der Waals surface area contributed by atoms with Gasteiger partial charge in [0.05, 0.1) is 0 Å². The highest BCUT2D eigenvalue weighted by Gasteiger charge is 2.06. The molecule has 1 aromatic carbocycles. The third kappa shape index (κ3) is 3.06. The Morgan fingerprint density at radius 1 is 1.05 bits per heavy atom. The number of rotatable bonds is 3. The van der Waals surface area contributed by atoms with Crippen LogP contribution in [0.1, 0.15) is 10.4 Å². The first-order valence-corrected chi connectivity index (χ1v) is 5.31. The standard InChI is InChI=1S/C11H11N5O3/c1-12-8(17)6-2-4-7(5-3-6)13-9-14-10(18)16-11(19)15-9/h2-5H,1H3,(H,12,17)(H3,13,14,15,16,18,19). The van der Waals surface area contributed by atoms with E-state index in [1.165, 1.54) is 0 Å². The molecule has 8 heteroatoms. The van der Waals surface area contributed by atoms with Crippen molar-refractivity contribution in [3.05, 3.63) is 29.8 Å². The summed E-state index contributed by atoms with van der Waals surface area (Å²) in [6.45, 7) is 0. The molecule has 0 spiro atoms. The van der Waals surface area contributed by atoms with Crippen molar-refractivity contribution in [1.82, 2.24) is 20.3 Å². The van der Waals surface area contributed by atoms with E-state index in [4.69, 9.17) is 10.2 Å². The summed E-state index contributed by atoms with van der Waals surface area (Å²) in [5, 5.41) is 23.5. The van der Waals surface area contributed by atoms with E-state index < -0.39 is 12.0 Å². The van der Waals surface area contributed by atoms with Gasteiger partial charge in [-0.1, -0.05) is 0 Å². The molecule has 0 aliphatic heterocycles. The molecule has 0 unspecified atom stereocenters. The van der Waals surface area contributed by atoms with Crippen molar-refractivity contribution in [2.75, 3.05) is 12.4 Å². The van der Waals surface area contributed by atoms with E-state index in [0.29, 0.717) is 11.3 Å². The summed E-state index contributed by atoms with van der Waals surface area (Å²) in [5.74, 6) is -0.195. The van der Waals surface area contributed by atoms with Crippen LogP contribution in [0.3, 0.4) is 0 Å². The predicted octanol–water partition coefficient (Wildman–Crippen LogP) is 0.386. The number of aromatic hydroxyl groups is 2. The number of nitrogens with one attached hydrogen (secondary N) is 2. The fourth-order valence-corrected chi connectivity index (χ4v) is 1.39. The molecule has 0 atom stereocenters. The van der Waals surface area contributed by atoms with Crippen LogP contribution in [0.5, 0.6) is 12.0 Å². The van der Waals surface area contributed by atoms with Crippen molar-refractivity contribution in [3.63, 3.8) is 0 Å². The van der Waals surface area contributed by atoms with Crippen LogP contribution in [0.2, 0.25) is 0 Å². The van der Waals surface area contributed by atoms with Gasteiger partial charge < -0.3 is 20.8 Å². The molecular formula is C11H11N5O3. The Kier molecular flexibility index (Phi) is 3.42. The maximum absolute atomic E-state index is 11.3. The molecule has 0 bridgehead atoms. The number of aromatic nitrogens is 3. The van der Waals surface area contributed by atoms with E-state index in [2.05, 4.69) is 25.6 Å². The minimum Gasteiger partial charge on any atom is -0.479 e. The Balaban J connectivity index is 2.17. The summed E-state index contributed by atoms with van der Waals surface area (Å²) in [5.41, 5.74) is 1.10. The van der Waals surface area contributed by atoms with Gasteiger partial charge in [0, 0.05) is 18.3 Å². The van der Waals surface area contributed by atoms with E-state index in [0.717, 1.165) is 0 Å². The van der Waals surface area contributed by atoms with Gasteiger partial charge in [-0.25, -0.2) is 0 Å². The summed E-state index contributed by atoms with van der Waals surface area (Å²) in [7, 11) is 1.55. The van der Waals surface area contributed by atoms with Crippen molar-refractivity contribution in [1.29, 1.82) is 0 Å². The predicted molar refractivity (Wildman–Crippen MR) is 66.3 cm³/mol. The first-order chi connectivity index (χ1) is 9.08. The van der Waals surface area contributed by atoms with Crippen molar-refractivity contribution in [2.24, 2.45) is 0 Å². The Morgan fingerprint density at radius 2 is 1.63 bits per heavy atom. The zero-order valence-corrected chi connectivity index (χ0v) is 9.95. The molecule has 0 saturated carbocycles. The number of hydrogen-bond donors (Lipinski definition) is 4. The van der Waals surface area contributed by atoms with Crippen LogP contribution in [0.4, 0.5) is 11.6 Å². The first kappa shape index (κ1) is 12.6. The average Bonchev–Trinajstić information content (AvgIpc) is 2.37. The summed E-state index contributed by atoms with van der Waals surface area (Å²) >= 11 is 0. The minimum atomic E-state index is -0.586. The molecule has 0 saturated heterocycles. The van der Waals surface area contributed by atoms with Gasteiger partial charge in [-0.05, 0) is 24.3 Å². The van der Waals surface area contributed by atoms with E-state index in [1.807, 2.05) is 0 Å². The number of amides is 1. The molecule has 19 heavy (non-hydrogen) atoms. The zero-order valence-electron chi connectivity index (χ0n) is 9.95. The van der Waals surface area contributed by atoms with Gasteiger partial charge in [-0.15, -0.1) is 4.98 Å². The highest BCUT2D eigenvalue weighted by atomic mass is 16.3. The molecule has 4 N–H and O–H groups in total. The van der Waals surface area contributed by atoms with Crippen LogP contribution in [-0.4, -0.2) is 38.1 Å². The Bertz CT molecular complexity index is 580. The molecule has 0 aliphatic rings. The number of carbonyl (C=O) groups excluding carboxylic acids is 1. The van der Waals surface area contributed by atoms with Crippen LogP contribution < -0.4 is 10.6 Å². The highest BCUT2D eigenvalue weighted by molar-refractivity contribution is 5.94. The first-order valence-electron chi connectivity index (χ1n) is 5.31. The molecule has 1 amide bonds. The molecule has 2 aromatic rings. The smallest absolute Gasteiger partial charge is 0.321 e. The summed E-state index contributed by atoms with van der Waals surface area (Å²) in [6, 6.07) is 5.34. The Hall–Kier alpha value is -2.90. The molecular weight excluding hydrogens is 250 g/mol. The minimum absolute atomic E-state index is 0.00214. The maximum atomic E-state index is 11.3. The fourth-order valence-electron chi connectivity index (χ4n) is 1.39. The van der Waals surface area contributed by atoms with Crippen LogP contribution >= 0.6 is 0 Å². The number of nitrogens with zero attached hydrogens (tertiary/aromatic N) is 3. The van der Waals surface area contributed by atoms with Gasteiger partial charge in [0.25, 0.3) is 5.91 Å². The van der Waals surface area contributed by atoms with Crippen molar-refractivity contribution in [2.45, 2.75) is 0 Å². The van der Waals surface area contributed by atoms with Crippen LogP contribution in [-0.2, 0) is 0 Å². The van der Waals surface area contributed by atoms with E-state index in [-0.39, 0.29) is 11.9 Å². The molecule has 0 radical (unpaired) electrons. The lowest BCUT2D eigenvalue weighted by molar-refractivity contribution is 0.0963. The number of carbonyl (C=O) groups is 1. The monoisotopic (exact) mass is 261 g/mol. The number of hydrogen-bond acceptors (Lipinski definition) is 7. The largest absolute Gasteiger partial charge is 0.479 e. The lowest BCUT2D eigenvalue weighted by Crippen LogP contribution is -2.17. The fraction of sp³-hybridized carbons (Fsp3) is 0.0909. The SMILES string of the molecule is CNC(=O)c1ccc(Nc2nc(O)nc(O)n2)cc1. The summed E-state index contributed by atoms with van der Waals surface area (Å²) < 4.78 is 0. The molecule has 98 valence electrons. The summed E-state index contributed by atoms with van der Waals surface area (Å²) in [6.07, 6.45) is 0. The third-order valence-corrected chi connectivity index (χ3v) is 2.24. The third-order valence-electron chi connectivity index (χ3n) is 2.24. The normalized spacial score (nSPS) is 9.95. The van der Waals surface area contributed by atoms with Gasteiger partial charge in [-0.3, -0.25) is 4.79 Å². The molecule has 1 heterocycles. The van der Waals surface area contributed by atoms with Crippen molar-refractivity contribution >= 4 is 17.5 Å². The van der Waals surface area contributed by atoms with Crippen LogP contribution in [0, 0.1) is 0 Å². The van der Waals surface area contributed by atoms with E-state index in [1.54, 1.807) is 31.3 Å². The second-order valence-corrected chi connectivity index (χ2v) is 3.54. The number of benzene rings is 1. The van der Waals surface area contributed by atoms with Gasteiger partial charge in [0.15, 0.2) is 0 Å². The lowest BCUT2D eigenvalue weighted by Gasteiger charge is -2.05. The zero-order chi connectivity index (χ0) is 13.8. The molecule has 1 aromatic heterocycles. The molecule has 8 nitrogen and oxygen atoms in total. The Morgan fingerprint density at radius 3 is 2.16 bits per heavy atom. The molecule has 0 fully saturated rings. The topological polar surface area (TPSA) is 120 Å². The van der Waals surface area contributed by atoms with E-state index in [9.17, 15) is 4.79 Å². The highest BCUT2D eigenvalue weighted by Crippen LogP contribution is 2.16. The van der Waals surface area contributed by atoms with Gasteiger partial charge >= 0.3 is 12.0 Å². The number of anilines is 2. The summed E-state index contributed by atoms with van der Waals surface area (Å²) in [4.78, 5) is 21.7. The average molecular weight is 261 g/mol. The van der Waals surface area contributed by atoms with E-state index >= 15 is 0 Å². The van der Waals surface area contributed by atoms with Gasteiger partial charge in [0.2, 0.25) is 5.95 Å². The molecule has 0 aliphatic carbocycles. The van der Waals surface area contributed by atoms with Gasteiger partial charge in [0.1, 0.15) is 0 Å². The Labute approximate surface area is 108 Å².